The Morgan fingerprint density at radius 1 is 1.03 bits per heavy atom. The standard InChI is InChI=1S/C23H26N6O5S/c1-14-12-25-17(13-24-14)11-16(3)35(30,31)28-23-27-26-22(20-10-9-15(2)34-20)29(23)21-18(32-4)7-6-8-19(21)33-5/h6-10,12-13,16H,11H2,1-5H3,(H,27,28)/t16-/m1/s1. The fourth-order valence-electron chi connectivity index (χ4n) is 3.49. The highest BCUT2D eigenvalue weighted by molar-refractivity contribution is 7.93. The Balaban J connectivity index is 1.79. The van der Waals surface area contributed by atoms with E-state index in [4.69, 9.17) is 13.9 Å². The van der Waals surface area contributed by atoms with Crippen LogP contribution in [0.4, 0.5) is 5.95 Å². The van der Waals surface area contributed by atoms with Gasteiger partial charge >= 0.3 is 0 Å². The van der Waals surface area contributed by atoms with Crippen LogP contribution in [0, 0.1) is 13.8 Å². The van der Waals surface area contributed by atoms with E-state index in [1.165, 1.54) is 18.8 Å². The largest absolute Gasteiger partial charge is 0.494 e. The highest BCUT2D eigenvalue weighted by Crippen LogP contribution is 2.38. The van der Waals surface area contributed by atoms with Gasteiger partial charge in [0, 0.05) is 18.8 Å². The topological polar surface area (TPSA) is 134 Å². The molecule has 0 saturated carbocycles. The summed E-state index contributed by atoms with van der Waals surface area (Å²) in [5, 5.41) is 7.53. The second-order valence-electron chi connectivity index (χ2n) is 7.91. The second-order valence-corrected chi connectivity index (χ2v) is 10.0. The molecule has 0 aliphatic rings. The van der Waals surface area contributed by atoms with Crippen molar-refractivity contribution in [1.82, 2.24) is 24.7 Å². The van der Waals surface area contributed by atoms with Gasteiger partial charge in [-0.2, -0.15) is 0 Å². The van der Waals surface area contributed by atoms with Gasteiger partial charge in [-0.15, -0.1) is 10.2 Å². The predicted octanol–water partition coefficient (Wildman–Crippen LogP) is 3.32. The molecule has 0 spiro atoms. The fourth-order valence-corrected chi connectivity index (χ4v) is 4.46. The summed E-state index contributed by atoms with van der Waals surface area (Å²) in [6.07, 6.45) is 3.34. The SMILES string of the molecule is COc1cccc(OC)c1-n1c(NS(=O)(=O)[C@H](C)Cc2cnc(C)cn2)nnc1-c1ccc(C)o1. The van der Waals surface area contributed by atoms with Crippen molar-refractivity contribution in [2.45, 2.75) is 32.4 Å². The van der Waals surface area contributed by atoms with Gasteiger partial charge in [-0.25, -0.2) is 8.42 Å². The zero-order valence-electron chi connectivity index (χ0n) is 20.0. The van der Waals surface area contributed by atoms with E-state index >= 15 is 0 Å². The number of rotatable bonds is 9. The number of sulfonamides is 1. The Kier molecular flexibility index (Phi) is 6.74. The molecule has 1 atom stereocenters. The molecule has 4 rings (SSSR count). The maximum atomic E-state index is 13.3. The molecule has 0 aliphatic heterocycles. The number of furan rings is 1. The summed E-state index contributed by atoms with van der Waals surface area (Å²) in [4.78, 5) is 8.45. The molecule has 0 fully saturated rings. The van der Waals surface area contributed by atoms with Crippen LogP contribution in [-0.4, -0.2) is 52.6 Å². The molecule has 12 heteroatoms. The number of nitrogens with one attached hydrogen (secondary N) is 1. The molecule has 0 unspecified atom stereocenters. The van der Waals surface area contributed by atoms with Crippen molar-refractivity contribution in [3.8, 4) is 28.8 Å². The van der Waals surface area contributed by atoms with Gasteiger partial charge in [-0.05, 0) is 45.0 Å². The number of hydrogen-bond acceptors (Lipinski definition) is 9. The molecule has 3 heterocycles. The van der Waals surface area contributed by atoms with Crippen molar-refractivity contribution in [2.24, 2.45) is 0 Å². The number of ether oxygens (including phenoxy) is 2. The minimum atomic E-state index is -3.91. The van der Waals surface area contributed by atoms with Crippen molar-refractivity contribution < 1.29 is 22.3 Å². The van der Waals surface area contributed by atoms with E-state index in [9.17, 15) is 8.42 Å². The lowest BCUT2D eigenvalue weighted by molar-refractivity contribution is 0.391. The first-order chi connectivity index (χ1) is 16.7. The lowest BCUT2D eigenvalue weighted by atomic mass is 10.2. The van der Waals surface area contributed by atoms with Crippen LogP contribution in [0.1, 0.15) is 24.1 Å². The highest BCUT2D eigenvalue weighted by atomic mass is 32.2. The van der Waals surface area contributed by atoms with E-state index in [1.54, 1.807) is 56.6 Å². The highest BCUT2D eigenvalue weighted by Gasteiger charge is 2.29. The molecular weight excluding hydrogens is 472 g/mol. The van der Waals surface area contributed by atoms with Crippen LogP contribution in [0.2, 0.25) is 0 Å². The van der Waals surface area contributed by atoms with Crippen LogP contribution in [0.15, 0.2) is 47.1 Å². The van der Waals surface area contributed by atoms with Crippen LogP contribution in [0.3, 0.4) is 0 Å². The van der Waals surface area contributed by atoms with Gasteiger partial charge in [0.2, 0.25) is 21.8 Å². The maximum Gasteiger partial charge on any atom is 0.243 e. The average Bonchev–Trinajstić information content (AvgIpc) is 3.45. The second kappa shape index (κ2) is 9.74. The summed E-state index contributed by atoms with van der Waals surface area (Å²) in [7, 11) is -0.893. The van der Waals surface area contributed by atoms with Crippen LogP contribution < -0.4 is 14.2 Å². The zero-order valence-corrected chi connectivity index (χ0v) is 20.8. The van der Waals surface area contributed by atoms with E-state index in [2.05, 4.69) is 24.9 Å². The van der Waals surface area contributed by atoms with Crippen molar-refractivity contribution >= 4 is 16.0 Å². The van der Waals surface area contributed by atoms with Crippen LogP contribution in [-0.2, 0) is 16.4 Å². The van der Waals surface area contributed by atoms with E-state index in [0.717, 1.165) is 5.69 Å². The summed E-state index contributed by atoms with van der Waals surface area (Å²) in [5.41, 5.74) is 1.73. The molecule has 0 bridgehead atoms. The zero-order chi connectivity index (χ0) is 25.2. The van der Waals surface area contributed by atoms with Crippen molar-refractivity contribution in [1.29, 1.82) is 0 Å². The molecule has 184 valence electrons. The smallest absolute Gasteiger partial charge is 0.243 e. The number of anilines is 1. The van der Waals surface area contributed by atoms with Gasteiger partial charge in [0.05, 0.1) is 30.9 Å². The Labute approximate surface area is 203 Å². The molecule has 4 aromatic rings. The molecule has 11 nitrogen and oxygen atoms in total. The molecular formula is C23H26N6O5S. The quantitative estimate of drug-likeness (QED) is 0.369. The minimum Gasteiger partial charge on any atom is -0.494 e. The molecule has 3 aromatic heterocycles. The van der Waals surface area contributed by atoms with E-state index in [1.807, 2.05) is 6.92 Å². The van der Waals surface area contributed by atoms with Crippen molar-refractivity contribution in [2.75, 3.05) is 18.9 Å². The molecule has 0 saturated heterocycles. The summed E-state index contributed by atoms with van der Waals surface area (Å²) in [6, 6.07) is 8.73. The first kappa shape index (κ1) is 24.2. The van der Waals surface area contributed by atoms with Gasteiger partial charge in [0.15, 0.2) is 5.76 Å². The van der Waals surface area contributed by atoms with Crippen LogP contribution in [0.25, 0.3) is 17.3 Å². The van der Waals surface area contributed by atoms with E-state index in [0.29, 0.717) is 34.4 Å². The molecule has 0 radical (unpaired) electrons. The molecule has 1 aromatic carbocycles. The number of methoxy groups -OCH3 is 2. The lowest BCUT2D eigenvalue weighted by Gasteiger charge is -2.18. The first-order valence-electron chi connectivity index (χ1n) is 10.8. The van der Waals surface area contributed by atoms with Gasteiger partial charge in [0.1, 0.15) is 22.9 Å². The Bertz CT molecular complexity index is 1410. The monoisotopic (exact) mass is 498 g/mol. The summed E-state index contributed by atoms with van der Waals surface area (Å²) < 4.78 is 47.5. The number of benzene rings is 1. The van der Waals surface area contributed by atoms with Crippen molar-refractivity contribution in [3.05, 3.63) is 59.9 Å². The van der Waals surface area contributed by atoms with E-state index in [-0.39, 0.29) is 18.2 Å². The average molecular weight is 499 g/mol. The molecule has 1 N–H and O–H groups in total. The number of hydrogen-bond donors (Lipinski definition) is 1. The summed E-state index contributed by atoms with van der Waals surface area (Å²) in [6.45, 7) is 5.20. The molecule has 0 amide bonds. The summed E-state index contributed by atoms with van der Waals surface area (Å²) >= 11 is 0. The van der Waals surface area contributed by atoms with Crippen LogP contribution in [0.5, 0.6) is 11.5 Å². The number of aromatic nitrogens is 5. The Hall–Kier alpha value is -3.93. The lowest BCUT2D eigenvalue weighted by Crippen LogP contribution is -2.29. The number of nitrogens with zero attached hydrogens (tertiary/aromatic N) is 5. The van der Waals surface area contributed by atoms with Gasteiger partial charge in [-0.3, -0.25) is 19.3 Å². The third-order valence-corrected chi connectivity index (χ3v) is 7.04. The normalized spacial score (nSPS) is 12.4. The third kappa shape index (κ3) is 4.97. The molecule has 35 heavy (non-hydrogen) atoms. The van der Waals surface area contributed by atoms with Gasteiger partial charge < -0.3 is 13.9 Å². The summed E-state index contributed by atoms with van der Waals surface area (Å²) in [5.74, 6) is 2.15. The third-order valence-electron chi connectivity index (χ3n) is 5.34. The number of aryl methyl sites for hydroxylation is 2. The van der Waals surface area contributed by atoms with Crippen LogP contribution >= 0.6 is 0 Å². The Morgan fingerprint density at radius 3 is 2.31 bits per heavy atom. The fraction of sp³-hybridized carbons (Fsp3) is 0.304. The van der Waals surface area contributed by atoms with Crippen molar-refractivity contribution in [3.63, 3.8) is 0 Å². The number of para-hydroxylation sites is 1. The van der Waals surface area contributed by atoms with E-state index < -0.39 is 15.3 Å². The van der Waals surface area contributed by atoms with Gasteiger partial charge in [0.25, 0.3) is 0 Å². The maximum absolute atomic E-state index is 13.3. The predicted molar refractivity (Wildman–Crippen MR) is 129 cm³/mol. The first-order valence-corrected chi connectivity index (χ1v) is 12.3. The Morgan fingerprint density at radius 2 is 1.74 bits per heavy atom. The van der Waals surface area contributed by atoms with Gasteiger partial charge in [-0.1, -0.05) is 6.07 Å². The molecule has 0 aliphatic carbocycles. The minimum absolute atomic E-state index is 0.0429.